The first-order valence-electron chi connectivity index (χ1n) is 17.2. The average Bonchev–Trinajstić information content (AvgIpc) is 3.18. The smallest absolute Gasteiger partial charge is 0.187 e. The van der Waals surface area contributed by atoms with Gasteiger partial charge in [0.25, 0.3) is 0 Å². The zero-order valence-corrected chi connectivity index (χ0v) is 29.1. The van der Waals surface area contributed by atoms with Crippen molar-refractivity contribution in [2.75, 3.05) is 13.2 Å². The van der Waals surface area contributed by atoms with Crippen LogP contribution in [0.15, 0.2) is 121 Å². The molecule has 0 amide bonds. The van der Waals surface area contributed by atoms with Gasteiger partial charge in [-0.1, -0.05) is 121 Å². The van der Waals surface area contributed by atoms with E-state index in [0.29, 0.717) is 0 Å². The fourth-order valence-electron chi connectivity index (χ4n) is 6.31. The predicted octanol–water partition coefficient (Wildman–Crippen LogP) is 4.44. The van der Waals surface area contributed by atoms with Crippen molar-refractivity contribution in [2.45, 2.75) is 87.0 Å². The van der Waals surface area contributed by atoms with E-state index in [1.54, 1.807) is 0 Å². The van der Waals surface area contributed by atoms with Gasteiger partial charge in [-0.15, -0.1) is 12.6 Å². The molecule has 11 heteroatoms. The van der Waals surface area contributed by atoms with Gasteiger partial charge in [-0.3, -0.25) is 0 Å². The number of hydrogen-bond acceptors (Lipinski definition) is 11. The number of aliphatic hydroxyl groups excluding tert-OH is 3. The second-order valence-corrected chi connectivity index (χ2v) is 13.1. The van der Waals surface area contributed by atoms with Gasteiger partial charge in [0.05, 0.1) is 39.6 Å². The van der Waals surface area contributed by atoms with Crippen molar-refractivity contribution in [1.29, 1.82) is 0 Å². The highest BCUT2D eigenvalue weighted by molar-refractivity contribution is 7.80. The lowest BCUT2D eigenvalue weighted by molar-refractivity contribution is -0.354. The molecule has 4 aromatic rings. The molecule has 51 heavy (non-hydrogen) atoms. The summed E-state index contributed by atoms with van der Waals surface area (Å²) in [5.74, 6) is 0. The maximum absolute atomic E-state index is 11.4. The summed E-state index contributed by atoms with van der Waals surface area (Å²) in [6.45, 7) is -0.112. The van der Waals surface area contributed by atoms with Crippen LogP contribution in [0.25, 0.3) is 0 Å². The Bertz CT molecular complexity index is 1550. The van der Waals surface area contributed by atoms with E-state index in [2.05, 4.69) is 0 Å². The van der Waals surface area contributed by atoms with Crippen LogP contribution < -0.4 is 0 Å². The summed E-state index contributed by atoms with van der Waals surface area (Å²) in [5, 5.41) is 32.4. The van der Waals surface area contributed by atoms with Gasteiger partial charge in [0.1, 0.15) is 54.3 Å². The molecule has 0 aromatic heterocycles. The van der Waals surface area contributed by atoms with Gasteiger partial charge in [0.15, 0.2) is 6.29 Å². The van der Waals surface area contributed by atoms with Crippen molar-refractivity contribution in [3.05, 3.63) is 144 Å². The fourth-order valence-corrected chi connectivity index (χ4v) is 6.73. The van der Waals surface area contributed by atoms with E-state index in [1.165, 1.54) is 0 Å². The quantitative estimate of drug-likeness (QED) is 0.124. The largest absolute Gasteiger partial charge is 0.394 e. The first-order chi connectivity index (χ1) is 25.0. The van der Waals surface area contributed by atoms with E-state index in [0.717, 1.165) is 22.3 Å². The van der Waals surface area contributed by atoms with Gasteiger partial charge >= 0.3 is 0 Å². The fraction of sp³-hybridized carbons (Fsp3) is 0.400. The Morgan fingerprint density at radius 3 is 1.29 bits per heavy atom. The summed E-state index contributed by atoms with van der Waals surface area (Å²) in [7, 11) is 0. The van der Waals surface area contributed by atoms with Crippen LogP contribution in [0.4, 0.5) is 0 Å². The molecule has 272 valence electrons. The van der Waals surface area contributed by atoms with Crippen LogP contribution in [-0.2, 0) is 59.6 Å². The van der Waals surface area contributed by atoms with Crippen molar-refractivity contribution in [1.82, 2.24) is 0 Å². The second kappa shape index (κ2) is 19.1. The molecular formula is C40H46O10S. The number of benzene rings is 4. The van der Waals surface area contributed by atoms with Gasteiger partial charge in [-0.05, 0) is 22.3 Å². The third-order valence-corrected chi connectivity index (χ3v) is 9.44. The molecule has 0 radical (unpaired) electrons. The van der Waals surface area contributed by atoms with Gasteiger partial charge in [-0.2, -0.15) is 0 Å². The Labute approximate surface area is 304 Å². The molecular weight excluding hydrogens is 672 g/mol. The van der Waals surface area contributed by atoms with E-state index >= 15 is 0 Å². The van der Waals surface area contributed by atoms with Gasteiger partial charge < -0.3 is 48.5 Å². The van der Waals surface area contributed by atoms with E-state index in [-0.39, 0.29) is 26.4 Å². The number of rotatable bonds is 16. The average molecular weight is 719 g/mol. The Morgan fingerprint density at radius 1 is 0.471 bits per heavy atom. The van der Waals surface area contributed by atoms with E-state index < -0.39 is 73.8 Å². The highest BCUT2D eigenvalue weighted by atomic mass is 32.1. The molecule has 2 heterocycles. The molecule has 2 fully saturated rings. The van der Waals surface area contributed by atoms with Crippen molar-refractivity contribution < 1.29 is 48.5 Å². The van der Waals surface area contributed by atoms with Crippen molar-refractivity contribution in [3.63, 3.8) is 0 Å². The first kappa shape index (κ1) is 37.6. The Balaban J connectivity index is 1.30. The molecule has 2 aliphatic rings. The van der Waals surface area contributed by atoms with Crippen molar-refractivity contribution in [2.24, 2.45) is 0 Å². The number of ether oxygens (including phenoxy) is 7. The number of aliphatic hydroxyl groups is 3. The predicted molar refractivity (Wildman–Crippen MR) is 191 cm³/mol. The Hall–Kier alpha value is -3.17. The summed E-state index contributed by atoms with van der Waals surface area (Å²) in [6.07, 6.45) is -8.82. The van der Waals surface area contributed by atoms with Crippen LogP contribution in [0.5, 0.6) is 0 Å². The third kappa shape index (κ3) is 10.0. The van der Waals surface area contributed by atoms with Gasteiger partial charge in [0, 0.05) is 0 Å². The molecule has 2 aliphatic heterocycles. The highest BCUT2D eigenvalue weighted by Crippen LogP contribution is 2.35. The van der Waals surface area contributed by atoms with Crippen molar-refractivity contribution >= 4 is 12.6 Å². The lowest BCUT2D eigenvalue weighted by Crippen LogP contribution is -2.65. The minimum absolute atomic E-state index is 0.163. The lowest BCUT2D eigenvalue weighted by Gasteiger charge is -2.49. The lowest BCUT2D eigenvalue weighted by atomic mass is 9.96. The van der Waals surface area contributed by atoms with Gasteiger partial charge in [-0.25, -0.2) is 0 Å². The molecule has 0 spiro atoms. The molecule has 3 N–H and O–H groups in total. The Morgan fingerprint density at radius 2 is 0.863 bits per heavy atom. The summed E-state index contributed by atoms with van der Waals surface area (Å²) in [6, 6.07) is 38.6. The third-order valence-electron chi connectivity index (χ3n) is 9.02. The SMILES string of the molecule is OC[C@H]1O[C@H](O[C@H]2[C@H](OCc3ccccc3)[C@@H](OCc3ccccc3)[C@@H](S)O[C@@H]2CO)[C@H](OCc2ccccc2)[C@@H](OCc2ccccc2)[C@@H]1O. The highest BCUT2D eigenvalue weighted by Gasteiger charge is 2.53. The summed E-state index contributed by atoms with van der Waals surface area (Å²) < 4.78 is 45.0. The molecule has 6 rings (SSSR count). The standard InChI is InChI=1S/C40H46O10S/c41-21-31-33(43)35(44-23-27-13-5-1-6-14-27)37(46-25-29-17-9-3-10-18-29)39(48-31)50-34-32(22-42)49-40(51)38(47-26-30-19-11-4-12-20-30)36(34)45-24-28-15-7-2-8-16-28/h1-20,31-43,51H,21-26H2/t31-,32-,33-,34-,35+,36+,37-,38-,39-,40-/m1/s1. The maximum atomic E-state index is 11.4. The number of thiol groups is 1. The molecule has 4 aromatic carbocycles. The molecule has 0 bridgehead atoms. The summed E-state index contributed by atoms with van der Waals surface area (Å²) in [5.41, 5.74) is 2.89. The van der Waals surface area contributed by atoms with Gasteiger partial charge in [0.2, 0.25) is 0 Å². The van der Waals surface area contributed by atoms with Crippen LogP contribution in [0.2, 0.25) is 0 Å². The van der Waals surface area contributed by atoms with Crippen LogP contribution in [0.3, 0.4) is 0 Å². The van der Waals surface area contributed by atoms with Crippen LogP contribution in [0.1, 0.15) is 22.3 Å². The molecule has 10 atom stereocenters. The number of hydrogen-bond donors (Lipinski definition) is 4. The van der Waals surface area contributed by atoms with E-state index in [9.17, 15) is 15.3 Å². The maximum Gasteiger partial charge on any atom is 0.187 e. The molecule has 0 unspecified atom stereocenters. The van der Waals surface area contributed by atoms with Crippen LogP contribution >= 0.6 is 12.6 Å². The first-order valence-corrected chi connectivity index (χ1v) is 17.7. The van der Waals surface area contributed by atoms with Crippen LogP contribution in [-0.4, -0.2) is 89.1 Å². The van der Waals surface area contributed by atoms with Crippen molar-refractivity contribution in [3.8, 4) is 0 Å². The van der Waals surface area contributed by atoms with Crippen LogP contribution in [0, 0.1) is 0 Å². The minimum Gasteiger partial charge on any atom is -0.394 e. The van der Waals surface area contributed by atoms with E-state index in [4.69, 9.17) is 45.8 Å². The summed E-state index contributed by atoms with van der Waals surface area (Å²) in [4.78, 5) is 0. The monoisotopic (exact) mass is 718 g/mol. The molecule has 10 nitrogen and oxygen atoms in total. The Kier molecular flexibility index (Phi) is 14.0. The second-order valence-electron chi connectivity index (χ2n) is 12.6. The molecule has 0 saturated carbocycles. The van der Waals surface area contributed by atoms with E-state index in [1.807, 2.05) is 121 Å². The molecule has 2 saturated heterocycles. The topological polar surface area (TPSA) is 125 Å². The zero-order valence-electron chi connectivity index (χ0n) is 28.2. The normalized spacial score (nSPS) is 29.5. The zero-order chi connectivity index (χ0) is 35.4. The summed E-state index contributed by atoms with van der Waals surface area (Å²) >= 11 is 4.74. The molecule has 0 aliphatic carbocycles. The minimum atomic E-state index is -1.25.